The van der Waals surface area contributed by atoms with Crippen LogP contribution in [0.3, 0.4) is 0 Å². The summed E-state index contributed by atoms with van der Waals surface area (Å²) in [6, 6.07) is 11.2. The summed E-state index contributed by atoms with van der Waals surface area (Å²) in [6.07, 6.45) is 0. The van der Waals surface area contributed by atoms with Crippen molar-refractivity contribution in [2.45, 2.75) is 12.8 Å². The Bertz CT molecular complexity index is 1330. The van der Waals surface area contributed by atoms with E-state index in [-0.39, 0.29) is 5.91 Å². The number of hydrogen-bond donors (Lipinski definition) is 3. The molecule has 9 heteroatoms. The van der Waals surface area contributed by atoms with Gasteiger partial charge in [-0.15, -0.1) is 0 Å². The fourth-order valence-corrected chi connectivity index (χ4v) is 4.23. The topological polar surface area (TPSA) is 124 Å². The molecule has 2 aromatic carbocycles. The van der Waals surface area contributed by atoms with Gasteiger partial charge in [0.25, 0.3) is 5.91 Å². The number of rotatable bonds is 4. The van der Waals surface area contributed by atoms with Crippen molar-refractivity contribution in [2.75, 3.05) is 33.2 Å². The molecule has 0 bridgehead atoms. The molecule has 164 valence electrons. The van der Waals surface area contributed by atoms with Crippen molar-refractivity contribution in [3.05, 3.63) is 47.5 Å². The molecule has 2 aromatic heterocycles. The molecule has 1 aliphatic heterocycles. The summed E-state index contributed by atoms with van der Waals surface area (Å²) in [6.45, 7) is 4.98. The molecule has 1 saturated heterocycles. The van der Waals surface area contributed by atoms with E-state index in [0.717, 1.165) is 53.7 Å². The molecule has 1 fully saturated rings. The highest BCUT2D eigenvalue weighted by molar-refractivity contribution is 6.00. The van der Waals surface area contributed by atoms with Crippen molar-refractivity contribution in [2.24, 2.45) is 5.73 Å². The van der Waals surface area contributed by atoms with E-state index in [1.165, 1.54) is 0 Å². The van der Waals surface area contributed by atoms with Gasteiger partial charge in [-0.25, -0.2) is 4.98 Å². The fraction of sp³-hybridized carbons (Fsp3) is 0.304. The SMILES string of the molecule is CC(C(N)=O)c1cccc2[nH]nc(-c3nc4ccc(C(=O)N5CCN(C)CC5)cc4[nH]3)c12. The molecule has 0 aliphatic carbocycles. The minimum Gasteiger partial charge on any atom is -0.369 e. The van der Waals surface area contributed by atoms with Crippen molar-refractivity contribution < 1.29 is 9.59 Å². The number of hydrogen-bond acceptors (Lipinski definition) is 5. The van der Waals surface area contributed by atoms with Crippen LogP contribution in [0.25, 0.3) is 33.5 Å². The maximum Gasteiger partial charge on any atom is 0.254 e. The second-order valence-electron chi connectivity index (χ2n) is 8.38. The smallest absolute Gasteiger partial charge is 0.254 e. The van der Waals surface area contributed by atoms with Gasteiger partial charge in [-0.05, 0) is 43.8 Å². The quantitative estimate of drug-likeness (QED) is 0.456. The van der Waals surface area contributed by atoms with E-state index in [1.54, 1.807) is 6.92 Å². The van der Waals surface area contributed by atoms with E-state index in [4.69, 9.17) is 5.73 Å². The van der Waals surface area contributed by atoms with E-state index in [0.29, 0.717) is 17.1 Å². The molecule has 0 saturated carbocycles. The second-order valence-corrected chi connectivity index (χ2v) is 8.38. The van der Waals surface area contributed by atoms with Crippen LogP contribution in [-0.2, 0) is 4.79 Å². The number of benzene rings is 2. The van der Waals surface area contributed by atoms with Gasteiger partial charge >= 0.3 is 0 Å². The Balaban J connectivity index is 1.53. The molecule has 0 radical (unpaired) electrons. The van der Waals surface area contributed by atoms with Crippen LogP contribution in [0.2, 0.25) is 0 Å². The summed E-state index contributed by atoms with van der Waals surface area (Å²) in [5.74, 6) is -0.271. The molecule has 1 atom stereocenters. The number of nitrogens with one attached hydrogen (secondary N) is 2. The maximum absolute atomic E-state index is 13.0. The fourth-order valence-electron chi connectivity index (χ4n) is 4.23. The number of carbonyl (C=O) groups excluding carboxylic acids is 2. The van der Waals surface area contributed by atoms with Gasteiger partial charge in [0.1, 0.15) is 5.69 Å². The van der Waals surface area contributed by atoms with Gasteiger partial charge in [-0.1, -0.05) is 12.1 Å². The van der Waals surface area contributed by atoms with Gasteiger partial charge < -0.3 is 20.5 Å². The zero-order valence-corrected chi connectivity index (χ0v) is 18.1. The van der Waals surface area contributed by atoms with Crippen LogP contribution in [0.15, 0.2) is 36.4 Å². The normalized spacial score (nSPS) is 16.0. The largest absolute Gasteiger partial charge is 0.369 e. The van der Waals surface area contributed by atoms with E-state index in [2.05, 4.69) is 32.1 Å². The van der Waals surface area contributed by atoms with Crippen molar-refractivity contribution in [3.63, 3.8) is 0 Å². The molecule has 4 aromatic rings. The van der Waals surface area contributed by atoms with E-state index in [9.17, 15) is 9.59 Å². The Morgan fingerprint density at radius 2 is 1.88 bits per heavy atom. The van der Waals surface area contributed by atoms with Crippen LogP contribution in [-0.4, -0.2) is 75.0 Å². The minimum absolute atomic E-state index is 0.0268. The summed E-state index contributed by atoms with van der Waals surface area (Å²) in [7, 11) is 2.06. The summed E-state index contributed by atoms with van der Waals surface area (Å²) in [5, 5.41) is 8.28. The number of primary amides is 1. The summed E-state index contributed by atoms with van der Waals surface area (Å²) in [4.78, 5) is 36.9. The van der Waals surface area contributed by atoms with Gasteiger partial charge in [0, 0.05) is 37.1 Å². The van der Waals surface area contributed by atoms with Crippen molar-refractivity contribution in [3.8, 4) is 11.5 Å². The molecule has 1 unspecified atom stereocenters. The van der Waals surface area contributed by atoms with Crippen molar-refractivity contribution in [1.82, 2.24) is 30.0 Å². The monoisotopic (exact) mass is 431 g/mol. The van der Waals surface area contributed by atoms with Gasteiger partial charge in [0.05, 0.1) is 22.5 Å². The molecule has 0 spiro atoms. The predicted octanol–water partition coefficient (Wildman–Crippen LogP) is 2.08. The van der Waals surface area contributed by atoms with Gasteiger partial charge in [0.15, 0.2) is 5.82 Å². The Hall–Kier alpha value is -3.72. The maximum atomic E-state index is 13.0. The third-order valence-electron chi connectivity index (χ3n) is 6.26. The highest BCUT2D eigenvalue weighted by atomic mass is 16.2. The van der Waals surface area contributed by atoms with Gasteiger partial charge in [-0.2, -0.15) is 5.10 Å². The molecule has 2 amide bonds. The molecule has 4 N–H and O–H groups in total. The van der Waals surface area contributed by atoms with Crippen LogP contribution >= 0.6 is 0 Å². The molecule has 32 heavy (non-hydrogen) atoms. The van der Waals surface area contributed by atoms with E-state index < -0.39 is 11.8 Å². The first-order valence-electron chi connectivity index (χ1n) is 10.7. The number of aromatic nitrogens is 4. The second kappa shape index (κ2) is 7.76. The number of amides is 2. The number of aromatic amines is 2. The standard InChI is InChI=1S/C23H25N7O2/c1-13(21(24)31)15-4-3-5-17-19(15)20(28-27-17)22-25-16-7-6-14(12-18(16)26-22)23(32)30-10-8-29(2)9-11-30/h3-7,12-13H,8-11H2,1-2H3,(H2,24,31)(H,25,26)(H,27,28). The van der Waals surface area contributed by atoms with Crippen LogP contribution in [0, 0.1) is 0 Å². The Morgan fingerprint density at radius 1 is 1.09 bits per heavy atom. The first kappa shape index (κ1) is 20.2. The number of H-pyrrole nitrogens is 2. The number of fused-ring (bicyclic) bond motifs is 2. The van der Waals surface area contributed by atoms with Gasteiger partial charge in [0.2, 0.25) is 5.91 Å². The zero-order valence-electron chi connectivity index (χ0n) is 18.1. The number of nitrogens with zero attached hydrogens (tertiary/aromatic N) is 4. The number of imidazole rings is 1. The summed E-state index contributed by atoms with van der Waals surface area (Å²) < 4.78 is 0. The lowest BCUT2D eigenvalue weighted by atomic mass is 9.95. The molecule has 3 heterocycles. The third kappa shape index (κ3) is 3.40. The summed E-state index contributed by atoms with van der Waals surface area (Å²) >= 11 is 0. The van der Waals surface area contributed by atoms with Crippen LogP contribution in [0.4, 0.5) is 0 Å². The molecule has 5 rings (SSSR count). The Morgan fingerprint density at radius 3 is 2.62 bits per heavy atom. The average molecular weight is 432 g/mol. The molecular formula is C23H25N7O2. The molecular weight excluding hydrogens is 406 g/mol. The number of nitrogens with two attached hydrogens (primary N) is 1. The molecule has 1 aliphatic rings. The number of carbonyl (C=O) groups is 2. The van der Waals surface area contributed by atoms with E-state index in [1.807, 2.05) is 41.3 Å². The van der Waals surface area contributed by atoms with Gasteiger partial charge in [-0.3, -0.25) is 14.7 Å². The van der Waals surface area contributed by atoms with Crippen molar-refractivity contribution in [1.29, 1.82) is 0 Å². The Kier molecular flexibility index (Phi) is 4.90. The summed E-state index contributed by atoms with van der Waals surface area (Å²) in [5.41, 5.74) is 9.91. The van der Waals surface area contributed by atoms with E-state index >= 15 is 0 Å². The lowest BCUT2D eigenvalue weighted by Crippen LogP contribution is -2.47. The first-order valence-corrected chi connectivity index (χ1v) is 10.7. The lowest BCUT2D eigenvalue weighted by Gasteiger charge is -2.32. The first-order chi connectivity index (χ1) is 15.4. The van der Waals surface area contributed by atoms with Crippen molar-refractivity contribution >= 4 is 33.8 Å². The van der Waals surface area contributed by atoms with Crippen LogP contribution < -0.4 is 5.73 Å². The average Bonchev–Trinajstić information content (AvgIpc) is 3.41. The minimum atomic E-state index is -0.466. The highest BCUT2D eigenvalue weighted by Crippen LogP contribution is 2.32. The molecule has 9 nitrogen and oxygen atoms in total. The van der Waals surface area contributed by atoms with Crippen LogP contribution in [0.5, 0.6) is 0 Å². The predicted molar refractivity (Wildman–Crippen MR) is 122 cm³/mol. The Labute approximate surface area is 184 Å². The number of likely N-dealkylation sites (N-methyl/N-ethyl adjacent to an activating group) is 1. The lowest BCUT2D eigenvalue weighted by molar-refractivity contribution is -0.119. The van der Waals surface area contributed by atoms with Crippen LogP contribution in [0.1, 0.15) is 28.8 Å². The zero-order chi connectivity index (χ0) is 22.4. The number of piperazine rings is 1. The third-order valence-corrected chi connectivity index (χ3v) is 6.26. The highest BCUT2D eigenvalue weighted by Gasteiger charge is 2.23.